The predicted octanol–water partition coefficient (Wildman–Crippen LogP) is 3.52. The molecule has 0 radical (unpaired) electrons. The van der Waals surface area contributed by atoms with Crippen LogP contribution in [0, 0.1) is 0 Å². The molecule has 23 heavy (non-hydrogen) atoms. The Balaban J connectivity index is 2.53. The third kappa shape index (κ3) is 7.33. The van der Waals surface area contributed by atoms with Crippen molar-refractivity contribution in [3.8, 4) is 0 Å². The van der Waals surface area contributed by atoms with Crippen LogP contribution < -0.4 is 4.72 Å². The molecule has 1 N–H and O–H groups in total. The van der Waals surface area contributed by atoms with Crippen LogP contribution in [0.4, 0.5) is 0 Å². The van der Waals surface area contributed by atoms with E-state index in [0.29, 0.717) is 5.02 Å². The zero-order valence-corrected chi connectivity index (χ0v) is 15.3. The topological polar surface area (TPSA) is 72.5 Å². The van der Waals surface area contributed by atoms with Crippen molar-refractivity contribution >= 4 is 27.6 Å². The lowest BCUT2D eigenvalue weighted by molar-refractivity contribution is -0.148. The molecule has 0 aliphatic carbocycles. The second kappa shape index (κ2) is 9.25. The molecule has 0 aliphatic rings. The second-order valence-corrected chi connectivity index (χ2v) is 7.77. The van der Waals surface area contributed by atoms with Gasteiger partial charge < -0.3 is 4.74 Å². The SMILES string of the molecule is CCCCC(C)OC(=O)CC(C)NS(=O)(=O)c1ccc(Cl)cc1. The van der Waals surface area contributed by atoms with E-state index in [1.54, 1.807) is 6.92 Å². The van der Waals surface area contributed by atoms with Gasteiger partial charge in [-0.05, 0) is 44.5 Å². The molecule has 2 atom stereocenters. The number of hydrogen-bond donors (Lipinski definition) is 1. The van der Waals surface area contributed by atoms with Gasteiger partial charge in [-0.25, -0.2) is 13.1 Å². The molecule has 130 valence electrons. The molecular formula is C16H24ClNO4S. The van der Waals surface area contributed by atoms with Gasteiger partial charge in [0.15, 0.2) is 0 Å². The maximum Gasteiger partial charge on any atom is 0.307 e. The van der Waals surface area contributed by atoms with Gasteiger partial charge in [0.2, 0.25) is 10.0 Å². The molecule has 1 aromatic carbocycles. The number of rotatable bonds is 9. The van der Waals surface area contributed by atoms with Gasteiger partial charge >= 0.3 is 5.97 Å². The number of nitrogens with one attached hydrogen (secondary N) is 1. The molecule has 7 heteroatoms. The molecule has 0 saturated carbocycles. The molecule has 1 aromatic rings. The van der Waals surface area contributed by atoms with Gasteiger partial charge in [-0.1, -0.05) is 31.4 Å². The van der Waals surface area contributed by atoms with Gasteiger partial charge in [-0.3, -0.25) is 4.79 Å². The molecule has 0 fully saturated rings. The van der Waals surface area contributed by atoms with Crippen LogP contribution in [-0.2, 0) is 19.6 Å². The minimum Gasteiger partial charge on any atom is -0.463 e. The molecule has 1 rings (SSSR count). The second-order valence-electron chi connectivity index (χ2n) is 5.62. The maximum atomic E-state index is 12.2. The van der Waals surface area contributed by atoms with Crippen molar-refractivity contribution in [3.63, 3.8) is 0 Å². The summed E-state index contributed by atoms with van der Waals surface area (Å²) in [5.41, 5.74) is 0. The van der Waals surface area contributed by atoms with Crippen molar-refractivity contribution in [1.82, 2.24) is 4.72 Å². The Kier molecular flexibility index (Phi) is 8.02. The minimum absolute atomic E-state index is 0.0106. The van der Waals surface area contributed by atoms with Crippen LogP contribution in [0.5, 0.6) is 0 Å². The number of unbranched alkanes of at least 4 members (excludes halogenated alkanes) is 1. The molecule has 5 nitrogen and oxygen atoms in total. The standard InChI is InChI=1S/C16H24ClNO4S/c1-4-5-6-13(3)22-16(19)11-12(2)18-23(20,21)15-9-7-14(17)8-10-15/h7-10,12-13,18H,4-6,11H2,1-3H3. The number of ether oxygens (including phenoxy) is 1. The van der Waals surface area contributed by atoms with Crippen molar-refractivity contribution in [2.75, 3.05) is 0 Å². The van der Waals surface area contributed by atoms with Crippen LogP contribution in [0.1, 0.15) is 46.5 Å². The number of halogens is 1. The summed E-state index contributed by atoms with van der Waals surface area (Å²) in [7, 11) is -3.68. The van der Waals surface area contributed by atoms with Gasteiger partial charge in [0.25, 0.3) is 0 Å². The highest BCUT2D eigenvalue weighted by Gasteiger charge is 2.20. The number of esters is 1. The van der Waals surface area contributed by atoms with E-state index in [4.69, 9.17) is 16.3 Å². The highest BCUT2D eigenvalue weighted by atomic mass is 35.5. The van der Waals surface area contributed by atoms with Crippen LogP contribution in [-0.4, -0.2) is 26.5 Å². The Morgan fingerprint density at radius 1 is 1.26 bits per heavy atom. The monoisotopic (exact) mass is 361 g/mol. The van der Waals surface area contributed by atoms with E-state index in [0.717, 1.165) is 19.3 Å². The summed E-state index contributed by atoms with van der Waals surface area (Å²) in [6, 6.07) is 5.29. The van der Waals surface area contributed by atoms with E-state index in [9.17, 15) is 13.2 Å². The van der Waals surface area contributed by atoms with Gasteiger partial charge in [-0.2, -0.15) is 0 Å². The van der Waals surface area contributed by atoms with Crippen molar-refractivity contribution in [2.24, 2.45) is 0 Å². The van der Waals surface area contributed by atoms with Crippen LogP contribution in [0.25, 0.3) is 0 Å². The quantitative estimate of drug-likeness (QED) is 0.683. The van der Waals surface area contributed by atoms with E-state index in [1.807, 2.05) is 6.92 Å². The van der Waals surface area contributed by atoms with E-state index in [2.05, 4.69) is 11.6 Å². The largest absolute Gasteiger partial charge is 0.463 e. The number of hydrogen-bond acceptors (Lipinski definition) is 4. The number of sulfonamides is 1. The molecule has 0 aromatic heterocycles. The van der Waals surface area contributed by atoms with Crippen molar-refractivity contribution in [2.45, 2.75) is 63.5 Å². The van der Waals surface area contributed by atoms with Crippen molar-refractivity contribution in [3.05, 3.63) is 29.3 Å². The Bertz CT molecular complexity index is 601. The molecule has 0 heterocycles. The van der Waals surface area contributed by atoms with Gasteiger partial charge in [-0.15, -0.1) is 0 Å². The first kappa shape index (κ1) is 19.9. The minimum atomic E-state index is -3.68. The van der Waals surface area contributed by atoms with E-state index >= 15 is 0 Å². The Morgan fingerprint density at radius 3 is 2.43 bits per heavy atom. The third-order valence-electron chi connectivity index (χ3n) is 3.25. The van der Waals surface area contributed by atoms with Gasteiger partial charge in [0.05, 0.1) is 17.4 Å². The fourth-order valence-electron chi connectivity index (χ4n) is 2.06. The van der Waals surface area contributed by atoms with Crippen molar-refractivity contribution in [1.29, 1.82) is 0 Å². The van der Waals surface area contributed by atoms with Crippen LogP contribution in [0.2, 0.25) is 5.02 Å². The summed E-state index contributed by atoms with van der Waals surface area (Å²) in [6.45, 7) is 5.55. The lowest BCUT2D eigenvalue weighted by atomic mass is 10.2. The fourth-order valence-corrected chi connectivity index (χ4v) is 3.43. The zero-order valence-electron chi connectivity index (χ0n) is 13.7. The average molecular weight is 362 g/mol. The first-order chi connectivity index (χ1) is 10.7. The van der Waals surface area contributed by atoms with E-state index in [1.165, 1.54) is 24.3 Å². The summed E-state index contributed by atoms with van der Waals surface area (Å²) in [4.78, 5) is 11.9. The fraction of sp³-hybridized carbons (Fsp3) is 0.562. The lowest BCUT2D eigenvalue weighted by Gasteiger charge is -2.16. The summed E-state index contributed by atoms with van der Waals surface area (Å²) in [5.74, 6) is -0.403. The first-order valence-electron chi connectivity index (χ1n) is 7.72. The van der Waals surface area contributed by atoms with Gasteiger partial charge in [0.1, 0.15) is 0 Å². The number of benzene rings is 1. The summed E-state index contributed by atoms with van der Waals surface area (Å²) >= 11 is 5.74. The lowest BCUT2D eigenvalue weighted by Crippen LogP contribution is -2.35. The van der Waals surface area contributed by atoms with E-state index in [-0.39, 0.29) is 17.4 Å². The number of carbonyl (C=O) groups excluding carboxylic acids is 1. The summed E-state index contributed by atoms with van der Waals surface area (Å²) in [5, 5.41) is 0.460. The average Bonchev–Trinajstić information content (AvgIpc) is 2.44. The zero-order chi connectivity index (χ0) is 17.5. The molecule has 0 amide bonds. The molecule has 0 bridgehead atoms. The van der Waals surface area contributed by atoms with Crippen LogP contribution >= 0.6 is 11.6 Å². The van der Waals surface area contributed by atoms with Crippen molar-refractivity contribution < 1.29 is 17.9 Å². The Morgan fingerprint density at radius 2 is 1.87 bits per heavy atom. The summed E-state index contributed by atoms with van der Waals surface area (Å²) < 4.78 is 32.1. The maximum absolute atomic E-state index is 12.2. The number of carbonyl (C=O) groups is 1. The summed E-state index contributed by atoms with van der Waals surface area (Å²) in [6.07, 6.45) is 2.69. The molecule has 2 unspecified atom stereocenters. The molecular weight excluding hydrogens is 338 g/mol. The highest BCUT2D eigenvalue weighted by Crippen LogP contribution is 2.15. The van der Waals surface area contributed by atoms with Gasteiger partial charge in [0, 0.05) is 11.1 Å². The van der Waals surface area contributed by atoms with Crippen LogP contribution in [0.15, 0.2) is 29.2 Å². The van der Waals surface area contributed by atoms with E-state index < -0.39 is 22.0 Å². The molecule has 0 spiro atoms. The molecule has 0 aliphatic heterocycles. The Hall–Kier alpha value is -1.11. The highest BCUT2D eigenvalue weighted by molar-refractivity contribution is 7.89. The Labute approximate surface area is 143 Å². The first-order valence-corrected chi connectivity index (χ1v) is 9.58. The van der Waals surface area contributed by atoms with Crippen LogP contribution in [0.3, 0.4) is 0 Å². The smallest absolute Gasteiger partial charge is 0.307 e. The third-order valence-corrected chi connectivity index (χ3v) is 5.11. The predicted molar refractivity (Wildman–Crippen MR) is 90.9 cm³/mol. The molecule has 0 saturated heterocycles. The normalized spacial score (nSPS) is 14.3.